The van der Waals surface area contributed by atoms with Crippen LogP contribution in [0.3, 0.4) is 0 Å². The fraction of sp³-hybridized carbons (Fsp3) is 0.688. The average Bonchev–Trinajstić information content (AvgIpc) is 2.77. The lowest BCUT2D eigenvalue weighted by atomic mass is 9.51. The van der Waals surface area contributed by atoms with Gasteiger partial charge in [0, 0.05) is 5.54 Å². The maximum atomic E-state index is 12.3. The molecule has 2 unspecified atom stereocenters. The molecule has 19 heavy (non-hydrogen) atoms. The Hall–Kier alpha value is -1.09. The average molecular weight is 259 g/mol. The minimum atomic E-state index is -0.501. The molecule has 4 saturated carbocycles. The van der Waals surface area contributed by atoms with Crippen LogP contribution >= 0.6 is 0 Å². The van der Waals surface area contributed by atoms with Gasteiger partial charge in [-0.05, 0) is 50.4 Å². The fourth-order valence-corrected chi connectivity index (χ4v) is 5.31. The van der Waals surface area contributed by atoms with Crippen molar-refractivity contribution in [2.75, 3.05) is 0 Å². The molecule has 0 aromatic heterocycles. The molecule has 4 bridgehead atoms. The second kappa shape index (κ2) is 3.72. The molecule has 5 aliphatic rings. The first-order chi connectivity index (χ1) is 9.06. The highest BCUT2D eigenvalue weighted by Crippen LogP contribution is 2.57. The van der Waals surface area contributed by atoms with Gasteiger partial charge in [-0.3, -0.25) is 4.79 Å². The van der Waals surface area contributed by atoms with Crippen molar-refractivity contribution in [3.63, 3.8) is 0 Å². The van der Waals surface area contributed by atoms with E-state index >= 15 is 0 Å². The molecule has 0 spiro atoms. The third-order valence-electron chi connectivity index (χ3n) is 5.47. The van der Waals surface area contributed by atoms with E-state index in [1.54, 1.807) is 0 Å². The van der Waals surface area contributed by atoms with Gasteiger partial charge >= 0.3 is 0 Å². The van der Waals surface area contributed by atoms with E-state index in [0.29, 0.717) is 11.8 Å². The van der Waals surface area contributed by atoms with Crippen molar-refractivity contribution in [3.8, 4) is 0 Å². The largest absolute Gasteiger partial charge is 0.390 e. The molecule has 0 heterocycles. The molecular formula is C16H21NO2. The number of carbonyl (C=O) groups excluding carboxylic acids is 1. The summed E-state index contributed by atoms with van der Waals surface area (Å²) in [5.74, 6) is 1.22. The first-order valence-corrected chi connectivity index (χ1v) is 7.45. The summed E-state index contributed by atoms with van der Waals surface area (Å²) in [5, 5.41) is 14.0. The first kappa shape index (κ1) is 11.7. The van der Waals surface area contributed by atoms with Crippen LogP contribution in [0.25, 0.3) is 0 Å². The van der Waals surface area contributed by atoms with Crippen LogP contribution in [-0.4, -0.2) is 22.2 Å². The van der Waals surface area contributed by atoms with Crippen LogP contribution < -0.4 is 5.32 Å². The molecule has 0 aromatic carbocycles. The standard InChI is InChI=1S/C16H21NO2/c18-14(13-3-1-2-4-13)17-15-6-11-5-12(7-15)9-16(19,8-11)10-15/h1-4,11-13,19H,5-10H2,(H,17,18)/t11-,12+,15?,16?. The zero-order valence-corrected chi connectivity index (χ0v) is 11.1. The zero-order valence-electron chi connectivity index (χ0n) is 11.1. The normalized spacial score (nSPS) is 47.0. The quantitative estimate of drug-likeness (QED) is 0.796. The van der Waals surface area contributed by atoms with Crippen molar-refractivity contribution in [2.45, 2.75) is 49.7 Å². The highest BCUT2D eigenvalue weighted by atomic mass is 16.3. The Kier molecular flexibility index (Phi) is 2.29. The molecule has 4 atom stereocenters. The first-order valence-electron chi connectivity index (χ1n) is 7.45. The molecule has 4 fully saturated rings. The molecule has 5 rings (SSSR count). The number of allylic oxidation sites excluding steroid dienone is 2. The molecule has 0 aliphatic heterocycles. The predicted molar refractivity (Wildman–Crippen MR) is 72.3 cm³/mol. The summed E-state index contributed by atoms with van der Waals surface area (Å²) in [5.41, 5.74) is -0.626. The Morgan fingerprint density at radius 2 is 1.74 bits per heavy atom. The summed E-state index contributed by atoms with van der Waals surface area (Å²) >= 11 is 0. The summed E-state index contributed by atoms with van der Waals surface area (Å²) < 4.78 is 0. The summed E-state index contributed by atoms with van der Waals surface area (Å²) in [6, 6.07) is 0. The summed E-state index contributed by atoms with van der Waals surface area (Å²) in [6.45, 7) is 0. The molecule has 0 saturated heterocycles. The van der Waals surface area contributed by atoms with Crippen LogP contribution in [0.2, 0.25) is 0 Å². The molecule has 0 radical (unpaired) electrons. The van der Waals surface area contributed by atoms with Gasteiger partial charge in [-0.25, -0.2) is 0 Å². The second-order valence-corrected chi connectivity index (χ2v) is 7.25. The van der Waals surface area contributed by atoms with Crippen LogP contribution in [0.15, 0.2) is 24.3 Å². The topological polar surface area (TPSA) is 49.3 Å². The fourth-order valence-electron chi connectivity index (χ4n) is 5.31. The van der Waals surface area contributed by atoms with Crippen LogP contribution in [0.5, 0.6) is 0 Å². The SMILES string of the molecule is O=C(NC12C[C@@H]3C[C@@H](CC(O)(C3)C1)C2)C1C=CC=C1. The second-order valence-electron chi connectivity index (χ2n) is 7.25. The predicted octanol–water partition coefficient (Wildman–Crippen LogP) is 1.93. The maximum Gasteiger partial charge on any atom is 0.231 e. The minimum absolute atomic E-state index is 0.107. The van der Waals surface area contributed by atoms with Crippen LogP contribution in [0.1, 0.15) is 38.5 Å². The van der Waals surface area contributed by atoms with Gasteiger partial charge in [0.2, 0.25) is 5.91 Å². The highest BCUT2D eigenvalue weighted by Gasteiger charge is 2.57. The molecule has 1 amide bonds. The minimum Gasteiger partial charge on any atom is -0.390 e. The molecule has 5 aliphatic carbocycles. The van der Waals surface area contributed by atoms with Crippen LogP contribution in [0, 0.1) is 17.8 Å². The van der Waals surface area contributed by atoms with Gasteiger partial charge in [0.1, 0.15) is 0 Å². The number of carbonyl (C=O) groups is 1. The summed E-state index contributed by atoms with van der Waals surface area (Å²) in [4.78, 5) is 12.3. The van der Waals surface area contributed by atoms with Crippen molar-refractivity contribution in [2.24, 2.45) is 17.8 Å². The van der Waals surface area contributed by atoms with E-state index in [1.807, 2.05) is 24.3 Å². The third kappa shape index (κ3) is 1.86. The van der Waals surface area contributed by atoms with Gasteiger partial charge in [-0.15, -0.1) is 0 Å². The van der Waals surface area contributed by atoms with E-state index in [4.69, 9.17) is 0 Å². The van der Waals surface area contributed by atoms with Crippen molar-refractivity contribution in [1.82, 2.24) is 5.32 Å². The van der Waals surface area contributed by atoms with Gasteiger partial charge in [-0.2, -0.15) is 0 Å². The van der Waals surface area contributed by atoms with Crippen LogP contribution in [0.4, 0.5) is 0 Å². The van der Waals surface area contributed by atoms with Crippen molar-refractivity contribution >= 4 is 5.91 Å². The highest BCUT2D eigenvalue weighted by molar-refractivity contribution is 5.83. The third-order valence-corrected chi connectivity index (χ3v) is 5.47. The Labute approximate surface area is 113 Å². The van der Waals surface area contributed by atoms with Gasteiger partial charge in [0.05, 0.1) is 11.5 Å². The van der Waals surface area contributed by atoms with E-state index in [2.05, 4.69) is 5.32 Å². The Morgan fingerprint density at radius 1 is 1.11 bits per heavy atom. The smallest absolute Gasteiger partial charge is 0.231 e. The summed E-state index contributed by atoms with van der Waals surface area (Å²) in [7, 11) is 0. The molecular weight excluding hydrogens is 238 g/mol. The molecule has 0 aromatic rings. The van der Waals surface area contributed by atoms with E-state index in [9.17, 15) is 9.90 Å². The molecule has 102 valence electrons. The van der Waals surface area contributed by atoms with Crippen molar-refractivity contribution in [3.05, 3.63) is 24.3 Å². The summed E-state index contributed by atoms with van der Waals surface area (Å²) in [6.07, 6.45) is 13.8. The van der Waals surface area contributed by atoms with Gasteiger partial charge in [0.15, 0.2) is 0 Å². The zero-order chi connectivity index (χ0) is 13.1. The maximum absolute atomic E-state index is 12.3. The lowest BCUT2D eigenvalue weighted by molar-refractivity contribution is -0.151. The number of hydrogen-bond donors (Lipinski definition) is 2. The number of hydrogen-bond acceptors (Lipinski definition) is 2. The number of amides is 1. The van der Waals surface area contributed by atoms with Gasteiger partial charge < -0.3 is 10.4 Å². The van der Waals surface area contributed by atoms with Gasteiger partial charge in [-0.1, -0.05) is 24.3 Å². The van der Waals surface area contributed by atoms with E-state index in [0.717, 1.165) is 32.1 Å². The number of rotatable bonds is 2. The Bertz CT molecular complexity index is 453. The number of aliphatic hydroxyl groups is 1. The molecule has 2 N–H and O–H groups in total. The Morgan fingerprint density at radius 3 is 2.32 bits per heavy atom. The van der Waals surface area contributed by atoms with E-state index in [-0.39, 0.29) is 17.4 Å². The lowest BCUT2D eigenvalue weighted by Gasteiger charge is -2.60. The van der Waals surface area contributed by atoms with E-state index < -0.39 is 5.60 Å². The molecule has 3 heteroatoms. The van der Waals surface area contributed by atoms with Crippen molar-refractivity contribution in [1.29, 1.82) is 0 Å². The Balaban J connectivity index is 1.55. The van der Waals surface area contributed by atoms with Crippen molar-refractivity contribution < 1.29 is 9.90 Å². The van der Waals surface area contributed by atoms with E-state index in [1.165, 1.54) is 6.42 Å². The molecule has 3 nitrogen and oxygen atoms in total. The monoisotopic (exact) mass is 259 g/mol. The number of nitrogens with one attached hydrogen (secondary N) is 1. The van der Waals surface area contributed by atoms with Gasteiger partial charge in [0.25, 0.3) is 0 Å². The van der Waals surface area contributed by atoms with Crippen LogP contribution in [-0.2, 0) is 4.79 Å². The lowest BCUT2D eigenvalue weighted by Crippen LogP contribution is -2.65.